The van der Waals surface area contributed by atoms with Crippen LogP contribution in [-0.4, -0.2) is 71.2 Å². The first-order chi connectivity index (χ1) is 19.4. The third-order valence-electron chi connectivity index (χ3n) is 8.44. The molecular weight excluding hydrogens is 506 g/mol. The fourth-order valence-corrected chi connectivity index (χ4v) is 6.28. The van der Waals surface area contributed by atoms with E-state index in [1.165, 1.54) is 44.9 Å². The molecule has 2 amide bonds. The van der Waals surface area contributed by atoms with Crippen molar-refractivity contribution in [3.8, 4) is 11.1 Å². The van der Waals surface area contributed by atoms with Gasteiger partial charge in [0, 0.05) is 49.8 Å². The number of hydrogen-bond acceptors (Lipinski definition) is 7. The van der Waals surface area contributed by atoms with E-state index in [1.807, 2.05) is 25.4 Å². The molecule has 1 aliphatic carbocycles. The Kier molecular flexibility index (Phi) is 7.05. The summed E-state index contributed by atoms with van der Waals surface area (Å²) in [6.45, 7) is 4.34. The lowest BCUT2D eigenvalue weighted by atomic mass is 9.80. The zero-order valence-electron chi connectivity index (χ0n) is 23.1. The number of carbonyl (C=O) groups is 2. The van der Waals surface area contributed by atoms with Crippen molar-refractivity contribution in [1.82, 2.24) is 39.6 Å². The fraction of sp³-hybridized carbons (Fsp3) is 0.448. The molecule has 2 N–H and O–H groups in total. The molecule has 1 saturated carbocycles. The maximum atomic E-state index is 13.2. The Morgan fingerprint density at radius 2 is 1.82 bits per heavy atom. The number of carbonyl (C=O) groups excluding carboxylic acids is 2. The van der Waals surface area contributed by atoms with Gasteiger partial charge in [0.15, 0.2) is 5.65 Å². The summed E-state index contributed by atoms with van der Waals surface area (Å²) in [5, 5.41) is 18.4. The molecule has 1 spiro atoms. The maximum absolute atomic E-state index is 13.2. The molecular formula is C29H35N9O2. The van der Waals surface area contributed by atoms with E-state index in [0.717, 1.165) is 24.2 Å². The summed E-state index contributed by atoms with van der Waals surface area (Å²) >= 11 is 0. The Labute approximate surface area is 233 Å². The van der Waals surface area contributed by atoms with E-state index in [-0.39, 0.29) is 11.7 Å². The maximum Gasteiger partial charge on any atom is 0.294 e. The molecule has 4 aromatic rings. The third-order valence-corrected chi connectivity index (χ3v) is 8.44. The van der Waals surface area contributed by atoms with Crippen molar-refractivity contribution in [2.45, 2.75) is 57.4 Å². The molecule has 0 aromatic carbocycles. The number of aromatic nitrogens is 6. The van der Waals surface area contributed by atoms with Gasteiger partial charge < -0.3 is 10.6 Å². The average molecular weight is 542 g/mol. The topological polar surface area (TPSA) is 122 Å². The highest BCUT2D eigenvalue weighted by Gasteiger charge is 2.40. The van der Waals surface area contributed by atoms with Gasteiger partial charge in [0.2, 0.25) is 5.82 Å². The molecule has 1 aliphatic heterocycles. The van der Waals surface area contributed by atoms with Crippen LogP contribution in [0.3, 0.4) is 0 Å². The van der Waals surface area contributed by atoms with Gasteiger partial charge in [-0.3, -0.25) is 28.6 Å². The Morgan fingerprint density at radius 1 is 1.00 bits per heavy atom. The van der Waals surface area contributed by atoms with Gasteiger partial charge in [0.25, 0.3) is 11.8 Å². The first-order valence-electron chi connectivity index (χ1n) is 14.1. The molecule has 1 saturated heterocycles. The highest BCUT2D eigenvalue weighted by molar-refractivity contribution is 6.03. The molecule has 2 aliphatic rings. The van der Waals surface area contributed by atoms with Crippen LogP contribution < -0.4 is 10.6 Å². The molecule has 11 heteroatoms. The molecule has 40 heavy (non-hydrogen) atoms. The number of aryl methyl sites for hydroxylation is 2. The molecule has 0 unspecified atom stereocenters. The molecule has 208 valence electrons. The van der Waals surface area contributed by atoms with Crippen LogP contribution in [0.15, 0.2) is 43.0 Å². The van der Waals surface area contributed by atoms with E-state index in [4.69, 9.17) is 0 Å². The van der Waals surface area contributed by atoms with Crippen molar-refractivity contribution >= 4 is 23.1 Å². The number of nitrogens with one attached hydrogen (secondary N) is 2. The SMILES string of the molecule is Cc1ncc(C(=O)NCCN2CCCC23CCCCC3)cc1NC(=O)c1nnc2cc(-c3cnn(C)c3)ccn12. The summed E-state index contributed by atoms with van der Waals surface area (Å²) in [5.74, 6) is -0.490. The number of nitrogens with zero attached hydrogens (tertiary/aromatic N) is 7. The minimum absolute atomic E-state index is 0.143. The lowest BCUT2D eigenvalue weighted by Gasteiger charge is -2.41. The third kappa shape index (κ3) is 5.08. The van der Waals surface area contributed by atoms with E-state index >= 15 is 0 Å². The lowest BCUT2D eigenvalue weighted by molar-refractivity contribution is 0.0855. The van der Waals surface area contributed by atoms with Gasteiger partial charge in [-0.25, -0.2) is 0 Å². The van der Waals surface area contributed by atoms with Crippen molar-refractivity contribution < 1.29 is 9.59 Å². The smallest absolute Gasteiger partial charge is 0.294 e. The highest BCUT2D eigenvalue weighted by atomic mass is 16.2. The second kappa shape index (κ2) is 10.8. The zero-order valence-corrected chi connectivity index (χ0v) is 23.1. The number of pyridine rings is 2. The summed E-state index contributed by atoms with van der Waals surface area (Å²) in [5.41, 5.74) is 4.24. The lowest BCUT2D eigenvalue weighted by Crippen LogP contribution is -2.48. The van der Waals surface area contributed by atoms with Crippen LogP contribution in [0.25, 0.3) is 16.8 Å². The minimum Gasteiger partial charge on any atom is -0.351 e. The first kappa shape index (κ1) is 26.1. The Morgan fingerprint density at radius 3 is 2.62 bits per heavy atom. The molecule has 2 fully saturated rings. The molecule has 5 heterocycles. The Hall–Kier alpha value is -4.12. The van der Waals surface area contributed by atoms with Crippen LogP contribution in [0.5, 0.6) is 0 Å². The highest BCUT2D eigenvalue weighted by Crippen LogP contribution is 2.41. The summed E-state index contributed by atoms with van der Waals surface area (Å²) in [7, 11) is 1.86. The monoisotopic (exact) mass is 541 g/mol. The molecule has 6 rings (SSSR count). The van der Waals surface area contributed by atoms with E-state index < -0.39 is 5.91 Å². The van der Waals surface area contributed by atoms with Crippen LogP contribution in [0.4, 0.5) is 5.69 Å². The van der Waals surface area contributed by atoms with Crippen LogP contribution in [-0.2, 0) is 7.05 Å². The summed E-state index contributed by atoms with van der Waals surface area (Å²) in [4.78, 5) is 33.1. The largest absolute Gasteiger partial charge is 0.351 e. The second-order valence-electron chi connectivity index (χ2n) is 11.0. The van der Waals surface area contributed by atoms with Gasteiger partial charge in [-0.2, -0.15) is 5.10 Å². The summed E-state index contributed by atoms with van der Waals surface area (Å²) in [6, 6.07) is 5.41. The number of fused-ring (bicyclic) bond motifs is 1. The number of anilines is 1. The van der Waals surface area contributed by atoms with Gasteiger partial charge >= 0.3 is 0 Å². The fourth-order valence-electron chi connectivity index (χ4n) is 6.28. The van der Waals surface area contributed by atoms with Crippen molar-refractivity contribution in [3.63, 3.8) is 0 Å². The van der Waals surface area contributed by atoms with Crippen molar-refractivity contribution in [3.05, 3.63) is 60.1 Å². The summed E-state index contributed by atoms with van der Waals surface area (Å²) < 4.78 is 3.36. The Balaban J connectivity index is 1.11. The van der Waals surface area contributed by atoms with E-state index in [2.05, 4.69) is 35.8 Å². The minimum atomic E-state index is -0.434. The van der Waals surface area contributed by atoms with E-state index in [1.54, 1.807) is 40.7 Å². The predicted molar refractivity (Wildman–Crippen MR) is 151 cm³/mol. The van der Waals surface area contributed by atoms with Crippen LogP contribution in [0, 0.1) is 6.92 Å². The standard InChI is InChI=1S/C29H35N9O2/c1-20-24(33-28(40)26-35-34-25-16-21(7-13-38(25)26)23-18-32-36(2)19-23)15-22(17-31-20)27(39)30-11-14-37-12-6-10-29(37)8-4-3-5-9-29/h7,13,15-19H,3-6,8-12,14H2,1-2H3,(H,30,39)(H,33,40). The van der Waals surface area contributed by atoms with Gasteiger partial charge in [-0.15, -0.1) is 10.2 Å². The van der Waals surface area contributed by atoms with Gasteiger partial charge in [-0.05, 0) is 62.9 Å². The molecule has 11 nitrogen and oxygen atoms in total. The summed E-state index contributed by atoms with van der Waals surface area (Å²) in [6.07, 6.45) is 16.0. The number of amides is 2. The number of hydrogen-bond donors (Lipinski definition) is 2. The normalized spacial score (nSPS) is 16.9. The number of rotatable bonds is 7. The number of likely N-dealkylation sites (tertiary alicyclic amines) is 1. The first-order valence-corrected chi connectivity index (χ1v) is 14.1. The van der Waals surface area contributed by atoms with E-state index in [9.17, 15) is 9.59 Å². The quantitative estimate of drug-likeness (QED) is 0.366. The van der Waals surface area contributed by atoms with Crippen molar-refractivity contribution in [2.24, 2.45) is 7.05 Å². The van der Waals surface area contributed by atoms with Crippen LogP contribution >= 0.6 is 0 Å². The molecule has 0 atom stereocenters. The second-order valence-corrected chi connectivity index (χ2v) is 11.0. The predicted octanol–water partition coefficient (Wildman–Crippen LogP) is 3.61. The van der Waals surface area contributed by atoms with Crippen molar-refractivity contribution in [2.75, 3.05) is 25.0 Å². The van der Waals surface area contributed by atoms with E-state index in [0.29, 0.717) is 34.7 Å². The van der Waals surface area contributed by atoms with Crippen LogP contribution in [0.1, 0.15) is 71.6 Å². The van der Waals surface area contributed by atoms with Gasteiger partial charge in [-0.1, -0.05) is 19.3 Å². The Bertz CT molecular complexity index is 1550. The van der Waals surface area contributed by atoms with Crippen molar-refractivity contribution in [1.29, 1.82) is 0 Å². The van der Waals surface area contributed by atoms with Gasteiger partial charge in [0.1, 0.15) is 0 Å². The molecule has 4 aromatic heterocycles. The zero-order chi connectivity index (χ0) is 27.7. The average Bonchev–Trinajstić information content (AvgIpc) is 3.69. The molecule has 0 radical (unpaired) electrons. The van der Waals surface area contributed by atoms with Crippen LogP contribution in [0.2, 0.25) is 0 Å². The molecule has 0 bridgehead atoms. The van der Waals surface area contributed by atoms with Gasteiger partial charge in [0.05, 0.1) is 23.1 Å².